The normalized spacial score (nSPS) is 26.8. The van der Waals surface area contributed by atoms with Gasteiger partial charge in [-0.2, -0.15) is 0 Å². The lowest BCUT2D eigenvalue weighted by Crippen LogP contribution is -2.48. The van der Waals surface area contributed by atoms with E-state index in [0.717, 1.165) is 37.9 Å². The minimum Gasteiger partial charge on any atom is -0.349 e. The number of nitrogens with zero attached hydrogens (tertiary/aromatic N) is 1. The van der Waals surface area contributed by atoms with Crippen LogP contribution in [0.15, 0.2) is 24.3 Å². The van der Waals surface area contributed by atoms with Crippen LogP contribution in [0.4, 0.5) is 5.69 Å². The molecule has 0 radical (unpaired) electrons. The molecule has 1 amide bonds. The average Bonchev–Trinajstić information content (AvgIpc) is 3.00. The maximum atomic E-state index is 12.9. The Morgan fingerprint density at radius 1 is 1.46 bits per heavy atom. The van der Waals surface area contributed by atoms with Crippen molar-refractivity contribution >= 4 is 24.0 Å². The Bertz CT molecular complexity index is 625. The predicted octanol–water partition coefficient (Wildman–Crippen LogP) is 2.97. The smallest absolute Gasteiger partial charge is 0.269 e. The van der Waals surface area contributed by atoms with Gasteiger partial charge in [-0.05, 0) is 37.8 Å². The van der Waals surface area contributed by atoms with Gasteiger partial charge in [-0.3, -0.25) is 14.9 Å². The van der Waals surface area contributed by atoms with Gasteiger partial charge in [-0.25, -0.2) is 0 Å². The second-order valence-electron chi connectivity index (χ2n) is 6.78. The zero-order chi connectivity index (χ0) is 16.4. The van der Waals surface area contributed by atoms with Crippen molar-refractivity contribution in [1.29, 1.82) is 0 Å². The second kappa shape index (κ2) is 7.49. The molecule has 1 aliphatic carbocycles. The molecule has 0 spiro atoms. The van der Waals surface area contributed by atoms with Crippen molar-refractivity contribution in [3.8, 4) is 0 Å². The Kier molecular flexibility index (Phi) is 5.83. The fourth-order valence-corrected chi connectivity index (χ4v) is 4.02. The zero-order valence-corrected chi connectivity index (χ0v) is 14.6. The molecule has 1 unspecified atom stereocenters. The lowest BCUT2D eigenvalue weighted by Gasteiger charge is -2.38. The van der Waals surface area contributed by atoms with Crippen LogP contribution in [0.1, 0.15) is 44.2 Å². The molecule has 0 aromatic heterocycles. The van der Waals surface area contributed by atoms with Gasteiger partial charge in [0, 0.05) is 18.7 Å². The maximum Gasteiger partial charge on any atom is 0.269 e. The van der Waals surface area contributed by atoms with Crippen LogP contribution in [0.2, 0.25) is 0 Å². The average molecular weight is 354 g/mol. The third-order valence-corrected chi connectivity index (χ3v) is 5.42. The van der Waals surface area contributed by atoms with E-state index in [0.29, 0.717) is 5.92 Å². The third-order valence-electron chi connectivity index (χ3n) is 5.42. The lowest BCUT2D eigenvalue weighted by molar-refractivity contribution is -0.384. The largest absolute Gasteiger partial charge is 0.349 e. The first kappa shape index (κ1) is 18.7. The lowest BCUT2D eigenvalue weighted by atomic mass is 9.67. The Hall–Kier alpha value is -1.66. The van der Waals surface area contributed by atoms with Gasteiger partial charge >= 0.3 is 0 Å². The highest BCUT2D eigenvalue weighted by Crippen LogP contribution is 2.44. The number of rotatable bonds is 4. The van der Waals surface area contributed by atoms with Gasteiger partial charge in [0.2, 0.25) is 5.91 Å². The topological polar surface area (TPSA) is 84.3 Å². The molecule has 6 nitrogen and oxygen atoms in total. The van der Waals surface area contributed by atoms with Gasteiger partial charge in [0.25, 0.3) is 5.69 Å². The number of fused-ring (bicyclic) bond motifs is 1. The van der Waals surface area contributed by atoms with Crippen LogP contribution in [0.5, 0.6) is 0 Å². The summed E-state index contributed by atoms with van der Waals surface area (Å²) < 4.78 is 0. The molecule has 24 heavy (non-hydrogen) atoms. The number of benzene rings is 1. The number of halogens is 1. The molecule has 2 fully saturated rings. The first-order chi connectivity index (χ1) is 11.0. The monoisotopic (exact) mass is 353 g/mol. The zero-order valence-electron chi connectivity index (χ0n) is 13.8. The Balaban J connectivity index is 0.00000208. The Labute approximate surface area is 148 Å². The number of carbonyl (C=O) groups excluding carboxylic acids is 1. The molecule has 3 rings (SSSR count). The number of nitro benzene ring substituents is 1. The highest BCUT2D eigenvalue weighted by Gasteiger charge is 2.49. The molecule has 2 aliphatic rings. The number of nitro groups is 1. The molecule has 1 aliphatic heterocycles. The van der Waals surface area contributed by atoms with Gasteiger partial charge in [0.05, 0.1) is 16.4 Å². The summed E-state index contributed by atoms with van der Waals surface area (Å²) in [5.74, 6) is 0.500. The summed E-state index contributed by atoms with van der Waals surface area (Å²) >= 11 is 0. The van der Waals surface area contributed by atoms with Crippen LogP contribution in [-0.2, 0) is 4.79 Å². The summed E-state index contributed by atoms with van der Waals surface area (Å²) in [6.07, 6.45) is 4.32. The minimum atomic E-state index is -0.408. The fourth-order valence-electron chi connectivity index (χ4n) is 4.02. The second-order valence-corrected chi connectivity index (χ2v) is 6.78. The SMILES string of the molecule is CC(NC(=O)[C@@]12CCCC[C@H]1CNC2)c1cccc([N+](=O)[O-])c1.Cl. The quantitative estimate of drug-likeness (QED) is 0.643. The number of nitrogens with one attached hydrogen (secondary N) is 2. The van der Waals surface area contributed by atoms with Gasteiger partial charge in [0.1, 0.15) is 0 Å². The van der Waals surface area contributed by atoms with Crippen LogP contribution >= 0.6 is 12.4 Å². The Morgan fingerprint density at radius 2 is 2.25 bits per heavy atom. The van der Waals surface area contributed by atoms with Crippen molar-refractivity contribution in [2.45, 2.75) is 38.6 Å². The Morgan fingerprint density at radius 3 is 3.00 bits per heavy atom. The highest BCUT2D eigenvalue weighted by molar-refractivity contribution is 5.85. The van der Waals surface area contributed by atoms with Crippen LogP contribution < -0.4 is 10.6 Å². The standard InChI is InChI=1S/C17H23N3O3.ClH/c1-12(13-5-4-7-15(9-13)20(22)23)19-16(21)17-8-3-2-6-14(17)10-18-11-17;/h4-5,7,9,12,14,18H,2-3,6,8,10-11H2,1H3,(H,19,21);1H/t12?,14-,17+;/m0./s1. The summed E-state index contributed by atoms with van der Waals surface area (Å²) in [6, 6.07) is 6.25. The van der Waals surface area contributed by atoms with E-state index in [2.05, 4.69) is 10.6 Å². The predicted molar refractivity (Wildman–Crippen MR) is 94.2 cm³/mol. The van der Waals surface area contributed by atoms with Crippen molar-refractivity contribution in [2.24, 2.45) is 11.3 Å². The van der Waals surface area contributed by atoms with Crippen molar-refractivity contribution in [1.82, 2.24) is 10.6 Å². The van der Waals surface area contributed by atoms with E-state index in [-0.39, 0.29) is 35.5 Å². The van der Waals surface area contributed by atoms with Crippen molar-refractivity contribution < 1.29 is 9.72 Å². The van der Waals surface area contributed by atoms with Gasteiger partial charge in [0.15, 0.2) is 0 Å². The first-order valence-electron chi connectivity index (χ1n) is 8.29. The maximum absolute atomic E-state index is 12.9. The van der Waals surface area contributed by atoms with Crippen molar-refractivity contribution in [2.75, 3.05) is 13.1 Å². The molecule has 7 heteroatoms. The molecule has 1 heterocycles. The van der Waals surface area contributed by atoms with E-state index < -0.39 is 4.92 Å². The molecular formula is C17H24ClN3O3. The van der Waals surface area contributed by atoms with Crippen LogP contribution in [0, 0.1) is 21.4 Å². The molecule has 1 saturated carbocycles. The van der Waals surface area contributed by atoms with E-state index in [1.807, 2.05) is 13.0 Å². The molecule has 1 aromatic rings. The molecule has 132 valence electrons. The van der Waals surface area contributed by atoms with Crippen LogP contribution in [0.3, 0.4) is 0 Å². The summed E-state index contributed by atoms with van der Waals surface area (Å²) in [4.78, 5) is 23.4. The number of carbonyl (C=O) groups is 1. The number of non-ortho nitro benzene ring substituents is 1. The summed E-state index contributed by atoms with van der Waals surface area (Å²) in [5.41, 5.74) is 0.523. The fraction of sp³-hybridized carbons (Fsp3) is 0.588. The van der Waals surface area contributed by atoms with Gasteiger partial charge < -0.3 is 10.6 Å². The van der Waals surface area contributed by atoms with Crippen molar-refractivity contribution in [3.05, 3.63) is 39.9 Å². The molecule has 2 N–H and O–H groups in total. The molecule has 1 saturated heterocycles. The number of hydrogen-bond acceptors (Lipinski definition) is 4. The third kappa shape index (κ3) is 3.39. The summed E-state index contributed by atoms with van der Waals surface area (Å²) in [7, 11) is 0. The van der Waals surface area contributed by atoms with Crippen molar-refractivity contribution in [3.63, 3.8) is 0 Å². The first-order valence-corrected chi connectivity index (χ1v) is 8.29. The minimum absolute atomic E-state index is 0. The summed E-state index contributed by atoms with van der Waals surface area (Å²) in [5, 5.41) is 17.4. The van der Waals surface area contributed by atoms with E-state index in [9.17, 15) is 14.9 Å². The highest BCUT2D eigenvalue weighted by atomic mass is 35.5. The van der Waals surface area contributed by atoms with Gasteiger partial charge in [-0.15, -0.1) is 12.4 Å². The van der Waals surface area contributed by atoms with E-state index in [4.69, 9.17) is 0 Å². The van der Waals surface area contributed by atoms with E-state index in [1.165, 1.54) is 18.6 Å². The molecule has 1 aromatic carbocycles. The number of amides is 1. The van der Waals surface area contributed by atoms with Gasteiger partial charge in [-0.1, -0.05) is 25.0 Å². The van der Waals surface area contributed by atoms with Crippen LogP contribution in [-0.4, -0.2) is 23.9 Å². The molecule has 0 bridgehead atoms. The van der Waals surface area contributed by atoms with E-state index in [1.54, 1.807) is 6.07 Å². The number of hydrogen-bond donors (Lipinski definition) is 2. The molecule has 3 atom stereocenters. The summed E-state index contributed by atoms with van der Waals surface area (Å²) in [6.45, 7) is 3.54. The molecular weight excluding hydrogens is 330 g/mol. The van der Waals surface area contributed by atoms with E-state index >= 15 is 0 Å². The van der Waals surface area contributed by atoms with Crippen LogP contribution in [0.25, 0.3) is 0 Å².